The van der Waals surface area contributed by atoms with E-state index in [0.29, 0.717) is 13.2 Å². The maximum absolute atomic E-state index is 12.3. The highest BCUT2D eigenvalue weighted by Gasteiger charge is 2.36. The van der Waals surface area contributed by atoms with Crippen LogP contribution in [0.1, 0.15) is 44.0 Å². The topological polar surface area (TPSA) is 41.6 Å². The molecule has 21 heavy (non-hydrogen) atoms. The number of carbonyl (C=O) groups is 1. The monoisotopic (exact) mass is 290 g/mol. The smallest absolute Gasteiger partial charge is 0.238 e. The molecule has 2 rings (SSSR count). The van der Waals surface area contributed by atoms with Gasteiger partial charge in [0.05, 0.1) is 19.2 Å². The SMILES string of the molecule is CCCC(COC)N1C(=O)CNC1c1ccc(CC)cc1. The van der Waals surface area contributed by atoms with E-state index >= 15 is 0 Å². The molecule has 0 aliphatic carbocycles. The third kappa shape index (κ3) is 3.63. The molecule has 0 aromatic heterocycles. The summed E-state index contributed by atoms with van der Waals surface area (Å²) in [6, 6.07) is 8.67. The number of amides is 1. The molecule has 1 N–H and O–H groups in total. The molecule has 1 aliphatic heterocycles. The fraction of sp³-hybridized carbons (Fsp3) is 0.588. The van der Waals surface area contributed by atoms with Crippen LogP contribution in [-0.4, -0.2) is 37.1 Å². The van der Waals surface area contributed by atoms with Gasteiger partial charge in [-0.25, -0.2) is 0 Å². The Hall–Kier alpha value is -1.39. The van der Waals surface area contributed by atoms with Gasteiger partial charge in [-0.3, -0.25) is 10.1 Å². The van der Waals surface area contributed by atoms with Crippen molar-refractivity contribution in [2.24, 2.45) is 0 Å². The van der Waals surface area contributed by atoms with Gasteiger partial charge in [-0.15, -0.1) is 0 Å². The second-order valence-electron chi connectivity index (χ2n) is 5.58. The summed E-state index contributed by atoms with van der Waals surface area (Å²) >= 11 is 0. The molecule has 0 saturated carbocycles. The van der Waals surface area contributed by atoms with Gasteiger partial charge < -0.3 is 9.64 Å². The van der Waals surface area contributed by atoms with Crippen LogP contribution < -0.4 is 5.32 Å². The van der Waals surface area contributed by atoms with Crippen LogP contribution in [0.25, 0.3) is 0 Å². The van der Waals surface area contributed by atoms with Crippen molar-refractivity contribution in [3.05, 3.63) is 35.4 Å². The highest BCUT2D eigenvalue weighted by Crippen LogP contribution is 2.27. The average Bonchev–Trinajstić information content (AvgIpc) is 2.89. The van der Waals surface area contributed by atoms with Gasteiger partial charge in [0.1, 0.15) is 6.17 Å². The van der Waals surface area contributed by atoms with E-state index in [-0.39, 0.29) is 18.1 Å². The molecule has 1 amide bonds. The molecule has 1 heterocycles. The molecule has 1 saturated heterocycles. The number of benzene rings is 1. The van der Waals surface area contributed by atoms with Crippen LogP contribution in [0.2, 0.25) is 0 Å². The first-order valence-corrected chi connectivity index (χ1v) is 7.83. The summed E-state index contributed by atoms with van der Waals surface area (Å²) in [4.78, 5) is 14.2. The minimum absolute atomic E-state index is 0.0323. The second kappa shape index (κ2) is 7.57. The molecule has 1 aromatic rings. The number of aryl methyl sites for hydroxylation is 1. The van der Waals surface area contributed by atoms with Crippen LogP contribution in [0, 0.1) is 0 Å². The Labute approximate surface area is 127 Å². The second-order valence-corrected chi connectivity index (χ2v) is 5.58. The number of rotatable bonds is 7. The Bertz CT molecular complexity index is 452. The number of nitrogens with zero attached hydrogens (tertiary/aromatic N) is 1. The Morgan fingerprint density at radius 1 is 1.33 bits per heavy atom. The highest BCUT2D eigenvalue weighted by atomic mass is 16.5. The van der Waals surface area contributed by atoms with Crippen LogP contribution in [0.5, 0.6) is 0 Å². The summed E-state index contributed by atoms with van der Waals surface area (Å²) in [5.41, 5.74) is 2.46. The van der Waals surface area contributed by atoms with E-state index in [9.17, 15) is 4.79 Å². The lowest BCUT2D eigenvalue weighted by molar-refractivity contribution is -0.131. The summed E-state index contributed by atoms with van der Waals surface area (Å²) in [5, 5.41) is 3.33. The number of hydrogen-bond acceptors (Lipinski definition) is 3. The first-order valence-electron chi connectivity index (χ1n) is 7.83. The molecule has 0 radical (unpaired) electrons. The Morgan fingerprint density at radius 2 is 2.05 bits per heavy atom. The van der Waals surface area contributed by atoms with Crippen LogP contribution >= 0.6 is 0 Å². The standard InChI is InChI=1S/C17H26N2O2/c1-4-6-15(12-21-3)19-16(20)11-18-17(19)14-9-7-13(5-2)8-10-14/h7-10,15,17-18H,4-6,11-12H2,1-3H3. The zero-order valence-electron chi connectivity index (χ0n) is 13.3. The zero-order chi connectivity index (χ0) is 15.2. The van der Waals surface area contributed by atoms with Crippen LogP contribution in [0.15, 0.2) is 24.3 Å². The lowest BCUT2D eigenvalue weighted by Gasteiger charge is -2.32. The Morgan fingerprint density at radius 3 is 2.62 bits per heavy atom. The van der Waals surface area contributed by atoms with E-state index in [4.69, 9.17) is 4.74 Å². The maximum Gasteiger partial charge on any atom is 0.238 e. The van der Waals surface area contributed by atoms with Gasteiger partial charge in [0, 0.05) is 7.11 Å². The van der Waals surface area contributed by atoms with Crippen molar-refractivity contribution in [1.29, 1.82) is 0 Å². The molecule has 2 atom stereocenters. The fourth-order valence-electron chi connectivity index (χ4n) is 2.97. The molecular formula is C17H26N2O2. The van der Waals surface area contributed by atoms with Gasteiger partial charge in [-0.1, -0.05) is 44.5 Å². The third-order valence-electron chi connectivity index (χ3n) is 4.09. The number of methoxy groups -OCH3 is 1. The van der Waals surface area contributed by atoms with E-state index in [1.54, 1.807) is 7.11 Å². The van der Waals surface area contributed by atoms with Gasteiger partial charge in [0.2, 0.25) is 5.91 Å². The molecule has 116 valence electrons. The number of nitrogens with one attached hydrogen (secondary N) is 1. The molecule has 1 aliphatic rings. The van der Waals surface area contributed by atoms with Gasteiger partial charge in [0.25, 0.3) is 0 Å². The van der Waals surface area contributed by atoms with Gasteiger partial charge in [-0.05, 0) is 24.0 Å². The largest absolute Gasteiger partial charge is 0.383 e. The lowest BCUT2D eigenvalue weighted by atomic mass is 10.1. The Balaban J connectivity index is 2.21. The quantitative estimate of drug-likeness (QED) is 0.839. The van der Waals surface area contributed by atoms with E-state index in [2.05, 4.69) is 43.4 Å². The minimum atomic E-state index is -0.0323. The number of carbonyl (C=O) groups excluding carboxylic acids is 1. The van der Waals surface area contributed by atoms with Crippen molar-refractivity contribution in [2.75, 3.05) is 20.3 Å². The van der Waals surface area contributed by atoms with Crippen LogP contribution in [-0.2, 0) is 16.0 Å². The van der Waals surface area contributed by atoms with E-state index in [1.807, 2.05) is 4.90 Å². The van der Waals surface area contributed by atoms with Gasteiger partial charge >= 0.3 is 0 Å². The molecule has 1 aromatic carbocycles. The molecule has 0 bridgehead atoms. The van der Waals surface area contributed by atoms with E-state index in [0.717, 1.165) is 24.8 Å². The summed E-state index contributed by atoms with van der Waals surface area (Å²) in [6.45, 7) is 5.28. The van der Waals surface area contributed by atoms with Crippen molar-refractivity contribution in [1.82, 2.24) is 10.2 Å². The molecule has 4 nitrogen and oxygen atoms in total. The third-order valence-corrected chi connectivity index (χ3v) is 4.09. The molecule has 4 heteroatoms. The number of hydrogen-bond donors (Lipinski definition) is 1. The van der Waals surface area contributed by atoms with Crippen molar-refractivity contribution >= 4 is 5.91 Å². The highest BCUT2D eigenvalue weighted by molar-refractivity contribution is 5.81. The molecule has 1 fully saturated rings. The Kier molecular flexibility index (Phi) is 5.76. The van der Waals surface area contributed by atoms with Crippen molar-refractivity contribution in [2.45, 2.75) is 45.3 Å². The summed E-state index contributed by atoms with van der Waals surface area (Å²) in [5.74, 6) is 0.162. The molecular weight excluding hydrogens is 264 g/mol. The summed E-state index contributed by atoms with van der Waals surface area (Å²) in [6.07, 6.45) is 3.00. The van der Waals surface area contributed by atoms with Crippen molar-refractivity contribution < 1.29 is 9.53 Å². The first-order chi connectivity index (χ1) is 10.2. The predicted octanol–water partition coefficient (Wildman–Crippen LogP) is 2.49. The number of ether oxygens (including phenoxy) is 1. The summed E-state index contributed by atoms with van der Waals surface area (Å²) in [7, 11) is 1.70. The van der Waals surface area contributed by atoms with E-state index < -0.39 is 0 Å². The van der Waals surface area contributed by atoms with Crippen molar-refractivity contribution in [3.8, 4) is 0 Å². The van der Waals surface area contributed by atoms with Gasteiger partial charge in [-0.2, -0.15) is 0 Å². The van der Waals surface area contributed by atoms with Gasteiger partial charge in [0.15, 0.2) is 0 Å². The predicted molar refractivity (Wildman–Crippen MR) is 84.0 cm³/mol. The lowest BCUT2D eigenvalue weighted by Crippen LogP contribution is -2.42. The van der Waals surface area contributed by atoms with Crippen LogP contribution in [0.4, 0.5) is 0 Å². The summed E-state index contributed by atoms with van der Waals surface area (Å²) < 4.78 is 5.32. The fourth-order valence-corrected chi connectivity index (χ4v) is 2.97. The molecule has 2 unspecified atom stereocenters. The normalized spacial score (nSPS) is 20.0. The van der Waals surface area contributed by atoms with Crippen molar-refractivity contribution in [3.63, 3.8) is 0 Å². The first kappa shape index (κ1) is 16.0. The molecule has 0 spiro atoms. The van der Waals surface area contributed by atoms with E-state index in [1.165, 1.54) is 5.56 Å². The average molecular weight is 290 g/mol. The maximum atomic E-state index is 12.3. The van der Waals surface area contributed by atoms with Crippen LogP contribution in [0.3, 0.4) is 0 Å². The minimum Gasteiger partial charge on any atom is -0.383 e. The zero-order valence-corrected chi connectivity index (χ0v) is 13.3.